The number of rotatable bonds is 12. The van der Waals surface area contributed by atoms with Gasteiger partial charge in [0, 0.05) is 34.1 Å². The summed E-state index contributed by atoms with van der Waals surface area (Å²) in [5.74, 6) is 4.41. The number of anilines is 4. The minimum atomic E-state index is -3.10. The standard InChI is InChI=1S/C33H36N6O5S/c1-4-44-32(42)39-45(3,43)27-16-14-26(15-17-27)37-31-34-20-28(29(38-31)35-22(2)21-40)23-10-12-25(13-11-23)36-30(41)33(18-19-33)24-8-6-5-7-9-24/h5-17,20,22,40H,3-4,18-19,21H2,1-2H3,(H,36,41)(H,39,42,43)(H2,34,35,37,38)/t22-,45?/m1/s1. The van der Waals surface area contributed by atoms with Gasteiger partial charge < -0.3 is 25.8 Å². The summed E-state index contributed by atoms with van der Waals surface area (Å²) in [6, 6.07) is 23.5. The van der Waals surface area contributed by atoms with E-state index in [1.54, 1.807) is 37.4 Å². The Morgan fingerprint density at radius 1 is 1.02 bits per heavy atom. The van der Waals surface area contributed by atoms with Crippen molar-refractivity contribution in [3.8, 4) is 11.1 Å². The highest BCUT2D eigenvalue weighted by Gasteiger charge is 2.51. The fourth-order valence-electron chi connectivity index (χ4n) is 4.80. The molecule has 1 aliphatic carbocycles. The molecule has 12 heteroatoms. The third kappa shape index (κ3) is 7.41. The van der Waals surface area contributed by atoms with Crippen LogP contribution in [0.1, 0.15) is 32.3 Å². The van der Waals surface area contributed by atoms with Gasteiger partial charge in [-0.1, -0.05) is 42.5 Å². The van der Waals surface area contributed by atoms with Gasteiger partial charge in [-0.25, -0.2) is 18.7 Å². The normalized spacial score (nSPS) is 15.2. The molecule has 0 bridgehead atoms. The minimum absolute atomic E-state index is 0.0137. The molecule has 1 unspecified atom stereocenters. The van der Waals surface area contributed by atoms with E-state index in [0.29, 0.717) is 33.6 Å². The molecule has 4 aromatic rings. The summed E-state index contributed by atoms with van der Waals surface area (Å²) in [7, 11) is -3.10. The first-order chi connectivity index (χ1) is 21.6. The van der Waals surface area contributed by atoms with E-state index in [1.165, 1.54) is 0 Å². The highest BCUT2D eigenvalue weighted by molar-refractivity contribution is 7.99. The summed E-state index contributed by atoms with van der Waals surface area (Å²) in [6.07, 6.45) is 2.51. The Labute approximate surface area is 262 Å². The van der Waals surface area contributed by atoms with Crippen LogP contribution in [0.3, 0.4) is 0 Å². The number of aliphatic hydroxyl groups is 1. The lowest BCUT2D eigenvalue weighted by atomic mass is 9.95. The van der Waals surface area contributed by atoms with E-state index < -0.39 is 21.2 Å². The van der Waals surface area contributed by atoms with Crippen LogP contribution in [0.5, 0.6) is 0 Å². The van der Waals surface area contributed by atoms with Crippen LogP contribution in [0.4, 0.5) is 27.9 Å². The minimum Gasteiger partial charge on any atom is -0.449 e. The summed E-state index contributed by atoms with van der Waals surface area (Å²) in [6.45, 7) is 3.53. The van der Waals surface area contributed by atoms with E-state index in [-0.39, 0.29) is 25.2 Å². The Balaban J connectivity index is 1.31. The zero-order chi connectivity index (χ0) is 32.0. The summed E-state index contributed by atoms with van der Waals surface area (Å²) in [5.41, 5.74) is 3.39. The first-order valence-electron chi connectivity index (χ1n) is 14.5. The van der Waals surface area contributed by atoms with Crippen molar-refractivity contribution >= 4 is 50.7 Å². The molecular weight excluding hydrogens is 592 g/mol. The number of aliphatic hydroxyl groups excluding tert-OH is 1. The molecule has 5 N–H and O–H groups in total. The zero-order valence-electron chi connectivity index (χ0n) is 25.1. The van der Waals surface area contributed by atoms with Crippen molar-refractivity contribution in [1.82, 2.24) is 14.7 Å². The van der Waals surface area contributed by atoms with Gasteiger partial charge >= 0.3 is 6.09 Å². The summed E-state index contributed by atoms with van der Waals surface area (Å²) in [5, 5.41) is 19.1. The number of hydrogen-bond donors (Lipinski definition) is 5. The van der Waals surface area contributed by atoms with E-state index >= 15 is 0 Å². The number of hydrogen-bond acceptors (Lipinski definition) is 9. The van der Waals surface area contributed by atoms with Crippen LogP contribution in [0, 0.1) is 0 Å². The van der Waals surface area contributed by atoms with Gasteiger partial charge in [-0.15, -0.1) is 0 Å². The second-order valence-corrected chi connectivity index (χ2v) is 12.8. The van der Waals surface area contributed by atoms with Crippen LogP contribution in [0.25, 0.3) is 11.1 Å². The van der Waals surface area contributed by atoms with E-state index in [4.69, 9.17) is 4.74 Å². The number of nitrogens with one attached hydrogen (secondary N) is 4. The van der Waals surface area contributed by atoms with Gasteiger partial charge in [0.1, 0.15) is 5.82 Å². The molecule has 1 aliphatic rings. The number of benzene rings is 3. The maximum absolute atomic E-state index is 13.2. The molecule has 1 heterocycles. The van der Waals surface area contributed by atoms with Crippen molar-refractivity contribution in [1.29, 1.82) is 0 Å². The van der Waals surface area contributed by atoms with E-state index in [1.807, 2.05) is 61.5 Å². The monoisotopic (exact) mass is 628 g/mol. The third-order valence-electron chi connectivity index (χ3n) is 7.43. The number of aromatic nitrogens is 2. The first kappa shape index (κ1) is 31.5. The van der Waals surface area contributed by atoms with E-state index in [2.05, 4.69) is 36.5 Å². The Morgan fingerprint density at radius 3 is 2.31 bits per heavy atom. The van der Waals surface area contributed by atoms with Gasteiger partial charge in [-0.05, 0) is 80.1 Å². The van der Waals surface area contributed by atoms with E-state index in [9.17, 15) is 18.9 Å². The number of amides is 2. The topological polar surface area (TPSA) is 155 Å². The second kappa shape index (κ2) is 13.4. The number of nitrogens with zero attached hydrogens (tertiary/aromatic N) is 2. The number of ether oxygens (including phenoxy) is 1. The van der Waals surface area contributed by atoms with Gasteiger partial charge in [0.2, 0.25) is 11.9 Å². The number of carbonyl (C=O) groups is 2. The van der Waals surface area contributed by atoms with Crippen LogP contribution in [0.2, 0.25) is 0 Å². The largest absolute Gasteiger partial charge is 0.449 e. The van der Waals surface area contributed by atoms with Gasteiger partial charge in [0.25, 0.3) is 0 Å². The highest BCUT2D eigenvalue weighted by atomic mass is 32.2. The molecule has 11 nitrogen and oxygen atoms in total. The van der Waals surface area contributed by atoms with Crippen molar-refractivity contribution in [3.05, 3.63) is 90.6 Å². The maximum Gasteiger partial charge on any atom is 0.418 e. The predicted octanol–water partition coefficient (Wildman–Crippen LogP) is 5.09. The lowest BCUT2D eigenvalue weighted by Gasteiger charge is -2.18. The molecule has 0 aliphatic heterocycles. The molecule has 2 atom stereocenters. The van der Waals surface area contributed by atoms with Crippen molar-refractivity contribution in [3.63, 3.8) is 0 Å². The van der Waals surface area contributed by atoms with Crippen LogP contribution >= 0.6 is 0 Å². The molecule has 0 radical (unpaired) electrons. The average Bonchev–Trinajstić information content (AvgIpc) is 3.85. The molecule has 0 spiro atoms. The van der Waals surface area contributed by atoms with Crippen molar-refractivity contribution in [2.45, 2.75) is 43.0 Å². The molecule has 45 heavy (non-hydrogen) atoms. The van der Waals surface area contributed by atoms with Gasteiger partial charge in [0.05, 0.1) is 28.3 Å². The quantitative estimate of drug-likeness (QED) is 0.135. The molecule has 1 aromatic heterocycles. The lowest BCUT2D eigenvalue weighted by Crippen LogP contribution is -2.30. The Morgan fingerprint density at radius 2 is 1.69 bits per heavy atom. The fraction of sp³-hybridized carbons (Fsp3) is 0.242. The van der Waals surface area contributed by atoms with Gasteiger partial charge in [0.15, 0.2) is 0 Å². The van der Waals surface area contributed by atoms with Crippen molar-refractivity contribution < 1.29 is 23.6 Å². The molecule has 2 amide bonds. The Kier molecular flexibility index (Phi) is 9.35. The summed E-state index contributed by atoms with van der Waals surface area (Å²) >= 11 is 0. The molecule has 0 saturated heterocycles. The van der Waals surface area contributed by atoms with E-state index in [0.717, 1.165) is 24.0 Å². The van der Waals surface area contributed by atoms with Crippen molar-refractivity contribution in [2.75, 3.05) is 29.2 Å². The van der Waals surface area contributed by atoms with Gasteiger partial charge in [-0.2, -0.15) is 4.98 Å². The van der Waals surface area contributed by atoms with Crippen LogP contribution < -0.4 is 20.7 Å². The molecular formula is C33H36N6O5S. The molecule has 1 saturated carbocycles. The molecule has 5 rings (SSSR count). The molecule has 234 valence electrons. The van der Waals surface area contributed by atoms with Crippen LogP contribution in [-0.4, -0.2) is 56.4 Å². The lowest BCUT2D eigenvalue weighted by molar-refractivity contribution is -0.118. The second-order valence-electron chi connectivity index (χ2n) is 10.8. The maximum atomic E-state index is 13.2. The Hall–Kier alpha value is -4.94. The Bertz CT molecular complexity index is 1760. The first-order valence-corrected chi connectivity index (χ1v) is 16.3. The third-order valence-corrected chi connectivity index (χ3v) is 8.96. The summed E-state index contributed by atoms with van der Waals surface area (Å²) < 4.78 is 19.9. The van der Waals surface area contributed by atoms with Crippen molar-refractivity contribution in [2.24, 2.45) is 0 Å². The number of carbonyl (C=O) groups excluding carboxylic acids is 2. The summed E-state index contributed by atoms with van der Waals surface area (Å²) in [4.78, 5) is 34.4. The van der Waals surface area contributed by atoms with Crippen LogP contribution in [0.15, 0.2) is 90.0 Å². The van der Waals surface area contributed by atoms with Gasteiger partial charge in [-0.3, -0.25) is 4.79 Å². The smallest absolute Gasteiger partial charge is 0.418 e. The SMILES string of the molecule is C=S(=O)(NC(=O)OCC)c1ccc(Nc2ncc(-c3ccc(NC(=O)C4(c5ccccc5)CC4)cc3)c(N[C@H](C)CO)n2)cc1. The highest BCUT2D eigenvalue weighted by Crippen LogP contribution is 2.49. The molecule has 3 aromatic carbocycles. The predicted molar refractivity (Wildman–Crippen MR) is 177 cm³/mol. The molecule has 1 fully saturated rings. The van der Waals surface area contributed by atoms with Crippen LogP contribution in [-0.2, 0) is 24.7 Å². The fourth-order valence-corrected chi connectivity index (χ4v) is 5.82. The average molecular weight is 629 g/mol. The zero-order valence-corrected chi connectivity index (χ0v) is 25.9.